The van der Waals surface area contributed by atoms with Crippen molar-refractivity contribution < 1.29 is 14.6 Å². The van der Waals surface area contributed by atoms with E-state index in [-0.39, 0.29) is 18.2 Å². The first kappa shape index (κ1) is 6.69. The summed E-state index contributed by atoms with van der Waals surface area (Å²) >= 11 is 0. The first-order valence-corrected chi connectivity index (χ1v) is 2.45. The fraction of sp³-hybridized carbons (Fsp3) is 0.250. The van der Waals surface area contributed by atoms with Gasteiger partial charge in [0.1, 0.15) is 6.61 Å². The number of nitro groups is 1. The van der Waals surface area contributed by atoms with Crippen molar-refractivity contribution in [1.29, 1.82) is 0 Å². The van der Waals surface area contributed by atoms with Crippen LogP contribution < -0.4 is 0 Å². The van der Waals surface area contributed by atoms with Crippen LogP contribution in [0, 0.1) is 10.1 Å². The van der Waals surface area contributed by atoms with Crippen LogP contribution in [0.3, 0.4) is 0 Å². The Morgan fingerprint density at radius 1 is 1.90 bits per heavy atom. The van der Waals surface area contributed by atoms with Gasteiger partial charge in [-0.2, -0.15) is 0 Å². The predicted molar refractivity (Wildman–Crippen MR) is 29.1 cm³/mol. The Labute approximate surface area is 55.2 Å². The zero-order valence-electron chi connectivity index (χ0n) is 4.85. The van der Waals surface area contributed by atoms with Crippen LogP contribution in [0.2, 0.25) is 0 Å². The highest BCUT2D eigenvalue weighted by atomic mass is 16.6. The van der Waals surface area contributed by atoms with Gasteiger partial charge in [-0.25, -0.2) is 0 Å². The molecule has 6 heteroatoms. The van der Waals surface area contributed by atoms with E-state index in [1.165, 1.54) is 0 Å². The van der Waals surface area contributed by atoms with E-state index in [4.69, 9.17) is 5.11 Å². The van der Waals surface area contributed by atoms with E-state index in [0.717, 1.165) is 6.07 Å². The number of aliphatic hydroxyl groups excluding tert-OH is 1. The highest BCUT2D eigenvalue weighted by Gasteiger charge is 2.13. The molecule has 0 atom stereocenters. The van der Waals surface area contributed by atoms with E-state index < -0.39 is 4.92 Å². The second-order valence-corrected chi connectivity index (χ2v) is 1.57. The van der Waals surface area contributed by atoms with Crippen molar-refractivity contribution in [3.8, 4) is 0 Å². The van der Waals surface area contributed by atoms with Gasteiger partial charge in [0, 0.05) is 0 Å². The first-order chi connectivity index (χ1) is 4.74. The molecule has 1 N–H and O–H groups in total. The average molecular weight is 144 g/mol. The summed E-state index contributed by atoms with van der Waals surface area (Å²) < 4.78 is 4.33. The van der Waals surface area contributed by atoms with Gasteiger partial charge in [0.2, 0.25) is 0 Å². The van der Waals surface area contributed by atoms with Crippen molar-refractivity contribution in [3.63, 3.8) is 0 Å². The number of aromatic nitrogens is 1. The molecule has 0 spiro atoms. The Hall–Kier alpha value is -1.43. The maximum atomic E-state index is 9.93. The lowest BCUT2D eigenvalue weighted by molar-refractivity contribution is -0.390. The Morgan fingerprint density at radius 2 is 2.60 bits per heavy atom. The zero-order chi connectivity index (χ0) is 7.56. The lowest BCUT2D eigenvalue weighted by atomic mass is 10.5. The van der Waals surface area contributed by atoms with E-state index in [9.17, 15) is 10.1 Å². The molecular formula is C4H4N2O4. The van der Waals surface area contributed by atoms with Crippen LogP contribution in [0.4, 0.5) is 5.82 Å². The summed E-state index contributed by atoms with van der Waals surface area (Å²) in [6, 6.07) is 1.07. The Kier molecular flexibility index (Phi) is 1.63. The number of hydrogen-bond donors (Lipinski definition) is 1. The third-order valence-electron chi connectivity index (χ3n) is 0.889. The minimum absolute atomic E-state index is 0.0895. The smallest absolute Gasteiger partial charge is 0.388 e. The van der Waals surface area contributed by atoms with Crippen LogP contribution in [0.5, 0.6) is 0 Å². The summed E-state index contributed by atoms with van der Waals surface area (Å²) in [6.07, 6.45) is 0. The van der Waals surface area contributed by atoms with E-state index in [0.29, 0.717) is 0 Å². The quantitative estimate of drug-likeness (QED) is 0.468. The largest absolute Gasteiger partial charge is 0.413 e. The fourth-order valence-corrected chi connectivity index (χ4v) is 0.463. The average Bonchev–Trinajstić information content (AvgIpc) is 2.34. The van der Waals surface area contributed by atoms with Crippen LogP contribution in [-0.4, -0.2) is 15.2 Å². The maximum Gasteiger partial charge on any atom is 0.413 e. The molecule has 0 saturated carbocycles. The summed E-state index contributed by atoms with van der Waals surface area (Å²) in [5, 5.41) is 21.4. The van der Waals surface area contributed by atoms with E-state index in [1.54, 1.807) is 0 Å². The topological polar surface area (TPSA) is 89.4 Å². The van der Waals surface area contributed by atoms with Crippen molar-refractivity contribution in [2.24, 2.45) is 0 Å². The molecule has 6 nitrogen and oxygen atoms in total. The molecule has 0 amide bonds. The van der Waals surface area contributed by atoms with Gasteiger partial charge < -0.3 is 15.2 Å². The zero-order valence-corrected chi connectivity index (χ0v) is 4.85. The summed E-state index contributed by atoms with van der Waals surface area (Å²) in [6.45, 7) is -0.374. The predicted octanol–water partition coefficient (Wildman–Crippen LogP) is 0.0751. The van der Waals surface area contributed by atoms with E-state index >= 15 is 0 Å². The molecule has 0 saturated heterocycles. The van der Waals surface area contributed by atoms with Crippen molar-refractivity contribution in [3.05, 3.63) is 21.9 Å². The van der Waals surface area contributed by atoms with Gasteiger partial charge in [0.25, 0.3) is 0 Å². The van der Waals surface area contributed by atoms with Crippen LogP contribution in [0.25, 0.3) is 0 Å². The maximum absolute atomic E-state index is 9.93. The van der Waals surface area contributed by atoms with Gasteiger partial charge in [-0.3, -0.25) is 4.52 Å². The van der Waals surface area contributed by atoms with Crippen molar-refractivity contribution in [2.75, 3.05) is 0 Å². The van der Waals surface area contributed by atoms with E-state index in [1.807, 2.05) is 0 Å². The monoisotopic (exact) mass is 144 g/mol. The summed E-state index contributed by atoms with van der Waals surface area (Å²) in [4.78, 5) is 9.24. The van der Waals surface area contributed by atoms with Crippen molar-refractivity contribution in [1.82, 2.24) is 5.16 Å². The molecule has 0 radical (unpaired) electrons. The lowest BCUT2D eigenvalue weighted by Crippen LogP contribution is -1.85. The molecule has 0 aliphatic rings. The van der Waals surface area contributed by atoms with Gasteiger partial charge >= 0.3 is 5.82 Å². The number of rotatable bonds is 2. The highest BCUT2D eigenvalue weighted by Crippen LogP contribution is 2.09. The summed E-state index contributed by atoms with van der Waals surface area (Å²) in [7, 11) is 0. The Morgan fingerprint density at radius 3 is 2.90 bits per heavy atom. The summed E-state index contributed by atoms with van der Waals surface area (Å²) in [5.74, 6) is -0.296. The fourth-order valence-electron chi connectivity index (χ4n) is 0.463. The minimum atomic E-state index is -0.692. The molecule has 10 heavy (non-hydrogen) atoms. The van der Waals surface area contributed by atoms with Gasteiger partial charge in [-0.1, -0.05) is 0 Å². The van der Waals surface area contributed by atoms with Crippen LogP contribution >= 0.6 is 0 Å². The third-order valence-corrected chi connectivity index (χ3v) is 0.889. The van der Waals surface area contributed by atoms with Crippen LogP contribution in [-0.2, 0) is 6.61 Å². The molecule has 1 aromatic rings. The Balaban J connectivity index is 2.88. The minimum Gasteiger partial charge on any atom is -0.388 e. The van der Waals surface area contributed by atoms with Gasteiger partial charge in [-0.15, -0.1) is 0 Å². The molecule has 0 aliphatic heterocycles. The van der Waals surface area contributed by atoms with Crippen LogP contribution in [0.1, 0.15) is 5.76 Å². The Bertz CT molecular complexity index is 243. The molecule has 0 aliphatic carbocycles. The molecule has 54 valence electrons. The number of aliphatic hydroxyl groups is 1. The first-order valence-electron chi connectivity index (χ1n) is 2.45. The van der Waals surface area contributed by atoms with E-state index in [2.05, 4.69) is 9.68 Å². The molecule has 0 aromatic carbocycles. The number of hydrogen-bond acceptors (Lipinski definition) is 5. The molecule has 1 rings (SSSR count). The second kappa shape index (κ2) is 2.44. The molecule has 1 aromatic heterocycles. The normalized spacial score (nSPS) is 9.70. The van der Waals surface area contributed by atoms with Gasteiger partial charge in [0.05, 0.1) is 6.07 Å². The van der Waals surface area contributed by atoms with Crippen LogP contribution in [0.15, 0.2) is 10.6 Å². The lowest BCUT2D eigenvalue weighted by Gasteiger charge is -1.80. The molecule has 1 heterocycles. The standard InChI is InChI=1S/C4H4N2O4/c7-2-3-1-4(5-10-3)6(8)9/h1,7H,2H2. The molecule has 0 bridgehead atoms. The van der Waals surface area contributed by atoms with Gasteiger partial charge in [-0.05, 0) is 4.92 Å². The summed E-state index contributed by atoms with van der Waals surface area (Å²) in [5.41, 5.74) is 0. The third kappa shape index (κ3) is 1.11. The van der Waals surface area contributed by atoms with Crippen molar-refractivity contribution in [2.45, 2.75) is 6.61 Å². The van der Waals surface area contributed by atoms with Gasteiger partial charge in [0.15, 0.2) is 10.9 Å². The SMILES string of the molecule is O=[N+]([O-])c1cc(CO)on1. The molecular weight excluding hydrogens is 140 g/mol. The van der Waals surface area contributed by atoms with Crippen molar-refractivity contribution >= 4 is 5.82 Å². The molecule has 0 unspecified atom stereocenters. The molecule has 0 fully saturated rings. The second-order valence-electron chi connectivity index (χ2n) is 1.57. The number of nitrogens with zero attached hydrogens (tertiary/aromatic N) is 2. The highest BCUT2D eigenvalue weighted by molar-refractivity contribution is 5.17.